The van der Waals surface area contributed by atoms with E-state index in [0.29, 0.717) is 0 Å². The molecular formula is C38H76Cl2O. The SMILES string of the molecule is CCCCCCCCCCCCCCCCCCC(Cl)OC(Cl)CCCCCCCCCCCCCCCCCC. The minimum Gasteiger partial charge on any atom is -0.344 e. The maximum Gasteiger partial charge on any atom is 0.133 e. The van der Waals surface area contributed by atoms with E-state index in [1.165, 1.54) is 193 Å². The molecule has 0 saturated carbocycles. The van der Waals surface area contributed by atoms with Gasteiger partial charge < -0.3 is 4.74 Å². The number of rotatable bonds is 36. The molecule has 0 N–H and O–H groups in total. The predicted octanol–water partition coefficient (Wildman–Crippen LogP) is 15.4. The van der Waals surface area contributed by atoms with Gasteiger partial charge in [0.15, 0.2) is 0 Å². The normalized spacial score (nSPS) is 13.2. The van der Waals surface area contributed by atoms with Crippen LogP contribution < -0.4 is 0 Å². The number of alkyl halides is 2. The Balaban J connectivity index is 3.26. The van der Waals surface area contributed by atoms with Crippen LogP contribution in [0, 0.1) is 0 Å². The summed E-state index contributed by atoms with van der Waals surface area (Å²) in [6.45, 7) is 4.59. The first-order valence-electron chi connectivity index (χ1n) is 19.1. The third kappa shape index (κ3) is 36.6. The summed E-state index contributed by atoms with van der Waals surface area (Å²) in [7, 11) is 0. The van der Waals surface area contributed by atoms with Gasteiger partial charge in [0.25, 0.3) is 0 Å². The van der Waals surface area contributed by atoms with Crippen molar-refractivity contribution in [2.45, 2.75) is 243 Å². The lowest BCUT2D eigenvalue weighted by molar-refractivity contribution is 0.0690. The third-order valence-electron chi connectivity index (χ3n) is 8.86. The smallest absolute Gasteiger partial charge is 0.133 e. The number of ether oxygens (including phenoxy) is 1. The van der Waals surface area contributed by atoms with E-state index in [9.17, 15) is 0 Å². The molecular weight excluding hydrogens is 543 g/mol. The molecule has 0 amide bonds. The fourth-order valence-corrected chi connectivity index (χ4v) is 6.61. The van der Waals surface area contributed by atoms with Crippen LogP contribution in [0.4, 0.5) is 0 Å². The van der Waals surface area contributed by atoms with Gasteiger partial charge in [-0.2, -0.15) is 0 Å². The minimum atomic E-state index is -0.217. The van der Waals surface area contributed by atoms with Gasteiger partial charge in [0, 0.05) is 0 Å². The Bertz CT molecular complexity index is 418. The van der Waals surface area contributed by atoms with Gasteiger partial charge in [-0.3, -0.25) is 0 Å². The summed E-state index contributed by atoms with van der Waals surface area (Å²) in [6, 6.07) is 0. The average Bonchev–Trinajstić information content (AvgIpc) is 2.96. The van der Waals surface area contributed by atoms with E-state index >= 15 is 0 Å². The van der Waals surface area contributed by atoms with Crippen LogP contribution in [-0.2, 0) is 4.74 Å². The summed E-state index contributed by atoms with van der Waals surface area (Å²) in [4.78, 5) is 0. The van der Waals surface area contributed by atoms with Gasteiger partial charge in [-0.1, -0.05) is 230 Å². The quantitative estimate of drug-likeness (QED) is 0.0501. The number of hydrogen-bond acceptors (Lipinski definition) is 1. The van der Waals surface area contributed by atoms with Crippen LogP contribution in [0.1, 0.15) is 232 Å². The van der Waals surface area contributed by atoms with Crippen molar-refractivity contribution in [1.29, 1.82) is 0 Å². The van der Waals surface area contributed by atoms with E-state index in [0.717, 1.165) is 25.7 Å². The molecule has 0 aliphatic heterocycles. The molecule has 0 bridgehead atoms. The first-order valence-corrected chi connectivity index (χ1v) is 20.0. The highest BCUT2D eigenvalue weighted by atomic mass is 35.5. The summed E-state index contributed by atoms with van der Waals surface area (Å²) >= 11 is 12.8. The Morgan fingerprint density at radius 3 is 0.659 bits per heavy atom. The van der Waals surface area contributed by atoms with Gasteiger partial charge in [0.05, 0.1) is 0 Å². The van der Waals surface area contributed by atoms with Gasteiger partial charge >= 0.3 is 0 Å². The van der Waals surface area contributed by atoms with E-state index < -0.39 is 0 Å². The first-order chi connectivity index (χ1) is 20.2. The molecule has 0 aromatic heterocycles. The largest absolute Gasteiger partial charge is 0.344 e. The summed E-state index contributed by atoms with van der Waals surface area (Å²) in [6.07, 6.45) is 46.6. The maximum atomic E-state index is 6.41. The van der Waals surface area contributed by atoms with Gasteiger partial charge in [-0.15, -0.1) is 0 Å². The lowest BCUT2D eigenvalue weighted by Crippen LogP contribution is -2.13. The molecule has 248 valence electrons. The van der Waals surface area contributed by atoms with E-state index in [1.54, 1.807) is 0 Å². The zero-order valence-electron chi connectivity index (χ0n) is 28.4. The molecule has 0 heterocycles. The highest BCUT2D eigenvalue weighted by Gasteiger charge is 2.11. The van der Waals surface area contributed by atoms with Crippen LogP contribution in [-0.4, -0.2) is 11.1 Å². The fraction of sp³-hybridized carbons (Fsp3) is 1.00. The van der Waals surface area contributed by atoms with Crippen LogP contribution in [0.3, 0.4) is 0 Å². The van der Waals surface area contributed by atoms with Crippen molar-refractivity contribution in [1.82, 2.24) is 0 Å². The van der Waals surface area contributed by atoms with Crippen molar-refractivity contribution in [2.75, 3.05) is 0 Å². The Morgan fingerprint density at radius 2 is 0.463 bits per heavy atom. The molecule has 3 heteroatoms. The maximum absolute atomic E-state index is 6.41. The molecule has 0 rings (SSSR count). The first kappa shape index (κ1) is 41.5. The summed E-state index contributed by atoms with van der Waals surface area (Å²) < 4.78 is 5.83. The molecule has 1 nitrogen and oxygen atoms in total. The van der Waals surface area contributed by atoms with Crippen molar-refractivity contribution in [3.8, 4) is 0 Å². The standard InChI is InChI=1S/C38H76Cl2O/c1-3-5-7-9-11-13-15-17-19-21-23-25-27-29-31-33-35-37(39)41-38(40)36-34-32-30-28-26-24-22-20-18-16-14-12-10-8-6-4-2/h37-38H,3-36H2,1-2H3. The highest BCUT2D eigenvalue weighted by Crippen LogP contribution is 2.20. The van der Waals surface area contributed by atoms with Crippen LogP contribution in [0.5, 0.6) is 0 Å². The Morgan fingerprint density at radius 1 is 0.293 bits per heavy atom. The second-order valence-electron chi connectivity index (χ2n) is 13.1. The lowest BCUT2D eigenvalue weighted by Gasteiger charge is -2.16. The van der Waals surface area contributed by atoms with Crippen molar-refractivity contribution >= 4 is 23.2 Å². The molecule has 2 unspecified atom stereocenters. The van der Waals surface area contributed by atoms with Gasteiger partial charge in [-0.05, 0) is 25.7 Å². The van der Waals surface area contributed by atoms with Crippen LogP contribution in [0.2, 0.25) is 0 Å². The zero-order chi connectivity index (χ0) is 29.9. The van der Waals surface area contributed by atoms with E-state index in [4.69, 9.17) is 27.9 Å². The molecule has 0 aromatic carbocycles. The molecule has 0 aliphatic carbocycles. The van der Waals surface area contributed by atoms with Gasteiger partial charge in [0.2, 0.25) is 0 Å². The van der Waals surface area contributed by atoms with Crippen LogP contribution in [0.25, 0.3) is 0 Å². The monoisotopic (exact) mass is 619 g/mol. The van der Waals surface area contributed by atoms with Gasteiger partial charge in [-0.25, -0.2) is 0 Å². The second kappa shape index (κ2) is 36.7. The van der Waals surface area contributed by atoms with Crippen LogP contribution in [0.15, 0.2) is 0 Å². The molecule has 41 heavy (non-hydrogen) atoms. The van der Waals surface area contributed by atoms with Crippen LogP contribution >= 0.6 is 23.2 Å². The summed E-state index contributed by atoms with van der Waals surface area (Å²) in [5.74, 6) is 0. The number of hydrogen-bond donors (Lipinski definition) is 0. The second-order valence-corrected chi connectivity index (χ2v) is 14.1. The summed E-state index contributed by atoms with van der Waals surface area (Å²) in [5, 5.41) is 0. The van der Waals surface area contributed by atoms with E-state index in [2.05, 4.69) is 13.8 Å². The molecule has 0 saturated heterocycles. The van der Waals surface area contributed by atoms with Crippen molar-refractivity contribution < 1.29 is 4.74 Å². The topological polar surface area (TPSA) is 9.23 Å². The van der Waals surface area contributed by atoms with Crippen molar-refractivity contribution in [3.63, 3.8) is 0 Å². The molecule has 0 fully saturated rings. The fourth-order valence-electron chi connectivity index (χ4n) is 6.00. The van der Waals surface area contributed by atoms with Crippen molar-refractivity contribution in [2.24, 2.45) is 0 Å². The molecule has 2 atom stereocenters. The lowest BCUT2D eigenvalue weighted by atomic mass is 10.0. The highest BCUT2D eigenvalue weighted by molar-refractivity contribution is 6.21. The van der Waals surface area contributed by atoms with Gasteiger partial charge in [0.1, 0.15) is 11.1 Å². The van der Waals surface area contributed by atoms with Crippen molar-refractivity contribution in [3.05, 3.63) is 0 Å². The molecule has 0 spiro atoms. The Labute approximate surface area is 270 Å². The Kier molecular flexibility index (Phi) is 37.2. The zero-order valence-corrected chi connectivity index (χ0v) is 29.9. The molecule has 0 radical (unpaired) electrons. The predicted molar refractivity (Wildman–Crippen MR) is 189 cm³/mol. The average molecular weight is 620 g/mol. The summed E-state index contributed by atoms with van der Waals surface area (Å²) in [5.41, 5.74) is -0.435. The Hall–Kier alpha value is 0.540. The number of halogens is 2. The molecule has 0 aliphatic rings. The molecule has 0 aromatic rings. The van der Waals surface area contributed by atoms with E-state index in [1.807, 2.05) is 0 Å². The third-order valence-corrected chi connectivity index (χ3v) is 9.51. The van der Waals surface area contributed by atoms with E-state index in [-0.39, 0.29) is 11.1 Å². The minimum absolute atomic E-state index is 0.217. The number of unbranched alkanes of at least 4 members (excludes halogenated alkanes) is 30.